The van der Waals surface area contributed by atoms with Crippen LogP contribution in [0.3, 0.4) is 0 Å². The number of thiocarbonyl (C=S) groups is 1. The van der Waals surface area contributed by atoms with E-state index in [2.05, 4.69) is 5.32 Å². The fraction of sp³-hybridized carbons (Fsp3) is 0.529. The van der Waals surface area contributed by atoms with Gasteiger partial charge in [0, 0.05) is 40.3 Å². The van der Waals surface area contributed by atoms with E-state index in [1.165, 1.54) is 11.0 Å². The lowest BCUT2D eigenvalue weighted by atomic mass is 10.2. The number of rotatable bonds is 5. The van der Waals surface area contributed by atoms with E-state index in [0.717, 1.165) is 4.31 Å². The number of ether oxygens (including phenoxy) is 1. The quantitative estimate of drug-likeness (QED) is 0.587. The Morgan fingerprint density at radius 3 is 2.57 bits per heavy atom. The van der Waals surface area contributed by atoms with Gasteiger partial charge in [0.05, 0.1) is 24.5 Å². The van der Waals surface area contributed by atoms with Crippen LogP contribution < -0.4 is 20.3 Å². The van der Waals surface area contributed by atoms with Crippen molar-refractivity contribution in [2.75, 3.05) is 63.2 Å². The van der Waals surface area contributed by atoms with Gasteiger partial charge in [-0.15, -0.1) is 0 Å². The average molecular weight is 461 g/mol. The van der Waals surface area contributed by atoms with Crippen LogP contribution >= 0.6 is 12.2 Å². The summed E-state index contributed by atoms with van der Waals surface area (Å²) in [6.45, 7) is 1.63. The summed E-state index contributed by atoms with van der Waals surface area (Å²) in [6.07, 6.45) is -0.962. The number of carbonyl (C=O) groups is 1. The van der Waals surface area contributed by atoms with Crippen molar-refractivity contribution in [3.8, 4) is 0 Å². The van der Waals surface area contributed by atoms with Gasteiger partial charge in [-0.3, -0.25) is 4.90 Å². The summed E-state index contributed by atoms with van der Waals surface area (Å²) < 4.78 is 44.1. The minimum atomic E-state index is -3.75. The molecule has 1 atom stereocenters. The van der Waals surface area contributed by atoms with Gasteiger partial charge >= 0.3 is 6.09 Å². The fourth-order valence-electron chi connectivity index (χ4n) is 3.30. The van der Waals surface area contributed by atoms with E-state index in [-0.39, 0.29) is 19.6 Å². The lowest BCUT2D eigenvalue weighted by molar-refractivity contribution is 0.142. The van der Waals surface area contributed by atoms with E-state index < -0.39 is 28.2 Å². The molecule has 0 bridgehead atoms. The van der Waals surface area contributed by atoms with Crippen LogP contribution in [0, 0.1) is 5.82 Å². The lowest BCUT2D eigenvalue weighted by Gasteiger charge is -2.34. The molecule has 3 N–H and O–H groups in total. The Kier molecular flexibility index (Phi) is 6.65. The molecule has 0 spiro atoms. The number of cyclic esters (lactones) is 1. The van der Waals surface area contributed by atoms with Crippen LogP contribution in [0.4, 0.5) is 20.6 Å². The minimum absolute atomic E-state index is 0.183. The molecule has 30 heavy (non-hydrogen) atoms. The number of hydrogen-bond donors (Lipinski definition) is 2. The first-order valence-electron chi connectivity index (χ1n) is 9.32. The Labute approximate surface area is 180 Å². The highest BCUT2D eigenvalue weighted by Crippen LogP contribution is 2.28. The summed E-state index contributed by atoms with van der Waals surface area (Å²) >= 11 is 5.15. The number of hydrogen-bond acceptors (Lipinski definition) is 6. The van der Waals surface area contributed by atoms with Crippen molar-refractivity contribution in [1.82, 2.24) is 14.5 Å². The van der Waals surface area contributed by atoms with Crippen molar-refractivity contribution in [3.05, 3.63) is 24.0 Å². The Hall–Kier alpha value is -2.22. The van der Waals surface area contributed by atoms with E-state index in [1.54, 1.807) is 36.0 Å². The number of carbonyl (C=O) groups excluding carboxylic acids is 1. The maximum atomic E-state index is 14.8. The zero-order valence-electron chi connectivity index (χ0n) is 16.7. The first kappa shape index (κ1) is 22.5. The fourth-order valence-corrected chi connectivity index (χ4v) is 4.06. The highest BCUT2D eigenvalue weighted by molar-refractivity contribution is 7.86. The molecule has 2 heterocycles. The molecule has 166 valence electrons. The van der Waals surface area contributed by atoms with Crippen LogP contribution in [-0.4, -0.2) is 88.3 Å². The summed E-state index contributed by atoms with van der Waals surface area (Å²) in [5.41, 5.74) is 0.733. The smallest absolute Gasteiger partial charge is 0.414 e. The predicted molar refractivity (Wildman–Crippen MR) is 115 cm³/mol. The predicted octanol–water partition coefficient (Wildman–Crippen LogP) is -0.0875. The molecule has 2 fully saturated rings. The molecule has 1 aromatic carbocycles. The van der Waals surface area contributed by atoms with Crippen LogP contribution in [-0.2, 0) is 14.9 Å². The second-order valence-electron chi connectivity index (χ2n) is 7.26. The maximum absolute atomic E-state index is 14.8. The topological polar surface area (TPSA) is 111 Å². The monoisotopic (exact) mass is 460 g/mol. The van der Waals surface area contributed by atoms with E-state index in [4.69, 9.17) is 22.1 Å². The van der Waals surface area contributed by atoms with E-state index >= 15 is 0 Å². The number of nitrogens with zero attached hydrogens (tertiary/aromatic N) is 4. The average Bonchev–Trinajstić information content (AvgIpc) is 3.06. The summed E-state index contributed by atoms with van der Waals surface area (Å²) in [5, 5.41) is 8.67. The Bertz CT molecular complexity index is 921. The van der Waals surface area contributed by atoms with Crippen LogP contribution in [0.2, 0.25) is 0 Å². The lowest BCUT2D eigenvalue weighted by Crippen LogP contribution is -2.50. The second kappa shape index (κ2) is 8.88. The third-order valence-corrected chi connectivity index (χ3v) is 6.54. The number of nitrogens with one attached hydrogen (secondary N) is 1. The van der Waals surface area contributed by atoms with Crippen molar-refractivity contribution >= 4 is 45.0 Å². The molecule has 2 saturated heterocycles. The van der Waals surface area contributed by atoms with Gasteiger partial charge in [-0.2, -0.15) is 12.7 Å². The second-order valence-corrected chi connectivity index (χ2v) is 9.20. The van der Waals surface area contributed by atoms with Gasteiger partial charge in [-0.25, -0.2) is 14.3 Å². The normalized spacial score (nSPS) is 20.3. The molecule has 1 amide bonds. The van der Waals surface area contributed by atoms with Crippen LogP contribution in [0.5, 0.6) is 0 Å². The molecule has 2 aliphatic heterocycles. The molecule has 2 aliphatic rings. The number of piperazine rings is 1. The Morgan fingerprint density at radius 1 is 1.33 bits per heavy atom. The van der Waals surface area contributed by atoms with Crippen molar-refractivity contribution < 1.29 is 22.3 Å². The molecule has 0 aliphatic carbocycles. The largest absolute Gasteiger partial charge is 0.442 e. The number of nitrogens with two attached hydrogens (primary N) is 1. The van der Waals surface area contributed by atoms with Gasteiger partial charge in [0.25, 0.3) is 10.2 Å². The SMILES string of the molecule is CN(C)C(=S)NC[C@H]1CN(c2ccc(N3CCN(S(N)(=O)=O)CC3)c(F)c2)C(=O)O1. The summed E-state index contributed by atoms with van der Waals surface area (Å²) in [6, 6.07) is 4.51. The Morgan fingerprint density at radius 2 is 2.00 bits per heavy atom. The summed E-state index contributed by atoms with van der Waals surface area (Å²) in [5.74, 6) is -0.500. The van der Waals surface area contributed by atoms with Gasteiger partial charge in [0.2, 0.25) is 0 Å². The highest BCUT2D eigenvalue weighted by Gasteiger charge is 2.33. The van der Waals surface area contributed by atoms with Crippen molar-refractivity contribution in [2.45, 2.75) is 6.10 Å². The highest BCUT2D eigenvalue weighted by atomic mass is 32.2. The zero-order chi connectivity index (χ0) is 22.1. The van der Waals surface area contributed by atoms with E-state index in [9.17, 15) is 17.6 Å². The van der Waals surface area contributed by atoms with E-state index in [0.29, 0.717) is 36.1 Å². The van der Waals surface area contributed by atoms with Gasteiger partial charge < -0.3 is 19.9 Å². The van der Waals surface area contributed by atoms with Gasteiger partial charge in [0.1, 0.15) is 11.9 Å². The first-order valence-corrected chi connectivity index (χ1v) is 11.2. The summed E-state index contributed by atoms with van der Waals surface area (Å²) in [4.78, 5) is 17.1. The number of benzene rings is 1. The Balaban J connectivity index is 1.63. The number of halogens is 1. The third-order valence-electron chi connectivity index (χ3n) is 4.94. The maximum Gasteiger partial charge on any atom is 0.414 e. The molecular weight excluding hydrogens is 435 g/mol. The molecule has 10 nitrogen and oxygen atoms in total. The molecule has 1 aromatic rings. The standard InChI is InChI=1S/C17H25FN6O4S2/c1-21(2)16(29)20-10-13-11-24(17(25)28-13)12-3-4-15(14(18)9-12)22-5-7-23(8-6-22)30(19,26)27/h3-4,9,13H,5-8,10-11H2,1-2H3,(H,20,29)(H2,19,26,27)/t13-/m0/s1. The van der Waals surface area contributed by atoms with Crippen molar-refractivity contribution in [3.63, 3.8) is 0 Å². The zero-order valence-corrected chi connectivity index (χ0v) is 18.4. The number of amides is 1. The van der Waals surface area contributed by atoms with Gasteiger partial charge in [-0.1, -0.05) is 0 Å². The first-order chi connectivity index (χ1) is 14.1. The van der Waals surface area contributed by atoms with Crippen molar-refractivity contribution in [1.29, 1.82) is 0 Å². The molecule has 0 saturated carbocycles. The van der Waals surface area contributed by atoms with Gasteiger partial charge in [-0.05, 0) is 30.4 Å². The molecule has 0 radical (unpaired) electrons. The molecule has 13 heteroatoms. The van der Waals surface area contributed by atoms with Gasteiger partial charge in [0.15, 0.2) is 5.11 Å². The molecule has 3 rings (SSSR count). The third kappa shape index (κ3) is 5.09. The molecule has 0 unspecified atom stereocenters. The number of anilines is 2. The van der Waals surface area contributed by atoms with Crippen LogP contribution in [0.15, 0.2) is 18.2 Å². The summed E-state index contributed by atoms with van der Waals surface area (Å²) in [7, 11) is -0.133. The molecule has 0 aromatic heterocycles. The van der Waals surface area contributed by atoms with E-state index in [1.807, 2.05) is 0 Å². The van der Waals surface area contributed by atoms with Crippen LogP contribution in [0.25, 0.3) is 0 Å². The van der Waals surface area contributed by atoms with Crippen LogP contribution in [0.1, 0.15) is 0 Å². The minimum Gasteiger partial charge on any atom is -0.442 e. The molecular formula is C17H25FN6O4S2. The van der Waals surface area contributed by atoms with Crippen molar-refractivity contribution in [2.24, 2.45) is 5.14 Å².